The molecule has 0 radical (unpaired) electrons. The highest BCUT2D eigenvalue weighted by Crippen LogP contribution is 2.34. The SMILES string of the molecule is Cc1cc(O)c(C)c2c1[nH]c1ccccc12. The number of aryl methyl sites for hydroxylation is 2. The molecule has 16 heavy (non-hydrogen) atoms. The molecule has 0 aliphatic rings. The first-order chi connectivity index (χ1) is 7.68. The van der Waals surface area contributed by atoms with E-state index in [9.17, 15) is 5.11 Å². The maximum Gasteiger partial charge on any atom is 0.119 e. The van der Waals surface area contributed by atoms with Crippen LogP contribution in [-0.2, 0) is 0 Å². The summed E-state index contributed by atoms with van der Waals surface area (Å²) in [5.41, 5.74) is 4.26. The second-order valence-electron chi connectivity index (χ2n) is 4.26. The van der Waals surface area contributed by atoms with Gasteiger partial charge in [0.05, 0.1) is 0 Å². The summed E-state index contributed by atoms with van der Waals surface area (Å²) in [5.74, 6) is 0.370. The van der Waals surface area contributed by atoms with Gasteiger partial charge in [-0.2, -0.15) is 0 Å². The zero-order valence-corrected chi connectivity index (χ0v) is 9.33. The number of fused-ring (bicyclic) bond motifs is 3. The average molecular weight is 211 g/mol. The lowest BCUT2D eigenvalue weighted by Gasteiger charge is -2.03. The molecule has 0 atom stereocenters. The van der Waals surface area contributed by atoms with Crippen molar-refractivity contribution in [3.05, 3.63) is 41.5 Å². The summed E-state index contributed by atoms with van der Waals surface area (Å²) >= 11 is 0. The van der Waals surface area contributed by atoms with Gasteiger partial charge in [-0.3, -0.25) is 0 Å². The monoisotopic (exact) mass is 211 g/mol. The summed E-state index contributed by atoms with van der Waals surface area (Å²) < 4.78 is 0. The molecular weight excluding hydrogens is 198 g/mol. The van der Waals surface area contributed by atoms with Crippen LogP contribution in [0, 0.1) is 13.8 Å². The Morgan fingerprint density at radius 3 is 2.69 bits per heavy atom. The van der Waals surface area contributed by atoms with Crippen molar-refractivity contribution < 1.29 is 5.11 Å². The number of para-hydroxylation sites is 1. The van der Waals surface area contributed by atoms with E-state index < -0.39 is 0 Å². The molecule has 3 aromatic rings. The second kappa shape index (κ2) is 3.01. The van der Waals surface area contributed by atoms with Gasteiger partial charge < -0.3 is 10.1 Å². The van der Waals surface area contributed by atoms with Crippen LogP contribution in [0.4, 0.5) is 0 Å². The Morgan fingerprint density at radius 1 is 1.12 bits per heavy atom. The van der Waals surface area contributed by atoms with Gasteiger partial charge in [-0.15, -0.1) is 0 Å². The lowest BCUT2D eigenvalue weighted by Crippen LogP contribution is -1.81. The number of aromatic nitrogens is 1. The summed E-state index contributed by atoms with van der Waals surface area (Å²) in [6.07, 6.45) is 0. The maximum absolute atomic E-state index is 9.86. The van der Waals surface area contributed by atoms with Crippen LogP contribution >= 0.6 is 0 Å². The van der Waals surface area contributed by atoms with E-state index in [2.05, 4.69) is 17.1 Å². The van der Waals surface area contributed by atoms with E-state index in [1.165, 1.54) is 5.39 Å². The fourth-order valence-corrected chi connectivity index (χ4v) is 2.34. The third-order valence-corrected chi connectivity index (χ3v) is 3.21. The number of phenols is 1. The first-order valence-electron chi connectivity index (χ1n) is 5.38. The van der Waals surface area contributed by atoms with Crippen molar-refractivity contribution in [2.75, 3.05) is 0 Å². The largest absolute Gasteiger partial charge is 0.508 e. The molecule has 0 aliphatic carbocycles. The first kappa shape index (κ1) is 9.28. The number of phenolic OH excluding ortho intramolecular Hbond substituents is 1. The van der Waals surface area contributed by atoms with Crippen LogP contribution in [0.25, 0.3) is 21.8 Å². The molecule has 2 aromatic carbocycles. The predicted molar refractivity (Wildman–Crippen MR) is 66.9 cm³/mol. The molecule has 1 heterocycles. The van der Waals surface area contributed by atoms with E-state index >= 15 is 0 Å². The number of hydrogen-bond acceptors (Lipinski definition) is 1. The Kier molecular flexibility index (Phi) is 1.75. The summed E-state index contributed by atoms with van der Waals surface area (Å²) in [7, 11) is 0. The van der Waals surface area contributed by atoms with Gasteiger partial charge in [0, 0.05) is 27.4 Å². The predicted octanol–water partition coefficient (Wildman–Crippen LogP) is 3.64. The third kappa shape index (κ3) is 1.07. The molecule has 0 amide bonds. The van der Waals surface area contributed by atoms with Gasteiger partial charge in [-0.1, -0.05) is 18.2 Å². The standard InChI is InChI=1S/C14H13NO/c1-8-7-12(16)9(2)13-10-5-3-4-6-11(10)15-14(8)13/h3-7,15-16H,1-2H3. The molecule has 2 nitrogen and oxygen atoms in total. The zero-order valence-electron chi connectivity index (χ0n) is 9.33. The maximum atomic E-state index is 9.86. The van der Waals surface area contributed by atoms with Gasteiger partial charge in [0.25, 0.3) is 0 Å². The van der Waals surface area contributed by atoms with E-state index in [0.29, 0.717) is 5.75 Å². The van der Waals surface area contributed by atoms with Crippen molar-refractivity contribution in [1.82, 2.24) is 4.98 Å². The Labute approximate surface area is 93.5 Å². The molecule has 2 N–H and O–H groups in total. The Bertz CT molecular complexity index is 695. The fraction of sp³-hybridized carbons (Fsp3) is 0.143. The number of hydrogen-bond donors (Lipinski definition) is 2. The topological polar surface area (TPSA) is 36.0 Å². The van der Waals surface area contributed by atoms with Crippen LogP contribution in [-0.4, -0.2) is 10.1 Å². The van der Waals surface area contributed by atoms with Gasteiger partial charge in [0.1, 0.15) is 5.75 Å². The molecule has 0 saturated carbocycles. The zero-order chi connectivity index (χ0) is 11.3. The van der Waals surface area contributed by atoms with Crippen molar-refractivity contribution in [2.24, 2.45) is 0 Å². The van der Waals surface area contributed by atoms with E-state index in [1.807, 2.05) is 32.0 Å². The number of rotatable bonds is 0. The van der Waals surface area contributed by atoms with Crippen molar-refractivity contribution in [2.45, 2.75) is 13.8 Å². The molecule has 0 bridgehead atoms. The van der Waals surface area contributed by atoms with Crippen LogP contribution in [0.15, 0.2) is 30.3 Å². The van der Waals surface area contributed by atoms with Crippen LogP contribution in [0.1, 0.15) is 11.1 Å². The quantitative estimate of drug-likeness (QED) is 0.585. The van der Waals surface area contributed by atoms with Gasteiger partial charge >= 0.3 is 0 Å². The summed E-state index contributed by atoms with van der Waals surface area (Å²) in [4.78, 5) is 3.40. The molecule has 0 saturated heterocycles. The Hall–Kier alpha value is -1.96. The van der Waals surface area contributed by atoms with Crippen molar-refractivity contribution in [3.8, 4) is 5.75 Å². The molecule has 2 heteroatoms. The highest BCUT2D eigenvalue weighted by molar-refractivity contribution is 6.10. The van der Waals surface area contributed by atoms with Gasteiger partial charge in [-0.05, 0) is 31.5 Å². The third-order valence-electron chi connectivity index (χ3n) is 3.21. The summed E-state index contributed by atoms with van der Waals surface area (Å²) in [5, 5.41) is 12.2. The van der Waals surface area contributed by atoms with Crippen LogP contribution in [0.2, 0.25) is 0 Å². The van der Waals surface area contributed by atoms with Crippen molar-refractivity contribution in [3.63, 3.8) is 0 Å². The lowest BCUT2D eigenvalue weighted by molar-refractivity contribution is 0.472. The van der Waals surface area contributed by atoms with Gasteiger partial charge in [0.2, 0.25) is 0 Å². The van der Waals surface area contributed by atoms with E-state index in [0.717, 1.165) is 27.5 Å². The van der Waals surface area contributed by atoms with Gasteiger partial charge in [0.15, 0.2) is 0 Å². The smallest absolute Gasteiger partial charge is 0.119 e. The molecule has 0 spiro atoms. The second-order valence-corrected chi connectivity index (χ2v) is 4.26. The minimum atomic E-state index is 0.370. The molecule has 1 aromatic heterocycles. The molecule has 0 unspecified atom stereocenters. The Morgan fingerprint density at radius 2 is 1.88 bits per heavy atom. The molecule has 0 fully saturated rings. The lowest BCUT2D eigenvalue weighted by atomic mass is 10.0. The average Bonchev–Trinajstić information content (AvgIpc) is 2.66. The van der Waals surface area contributed by atoms with E-state index in [4.69, 9.17) is 0 Å². The fourth-order valence-electron chi connectivity index (χ4n) is 2.34. The molecular formula is C14H13NO. The number of aromatic hydroxyl groups is 1. The number of benzene rings is 2. The molecule has 80 valence electrons. The number of H-pyrrole nitrogens is 1. The Balaban J connectivity index is 2.66. The first-order valence-corrected chi connectivity index (χ1v) is 5.38. The van der Waals surface area contributed by atoms with Crippen molar-refractivity contribution >= 4 is 21.8 Å². The number of nitrogens with one attached hydrogen (secondary N) is 1. The van der Waals surface area contributed by atoms with Crippen LogP contribution in [0.3, 0.4) is 0 Å². The molecule has 3 rings (SSSR count). The highest BCUT2D eigenvalue weighted by Gasteiger charge is 2.11. The minimum Gasteiger partial charge on any atom is -0.508 e. The highest BCUT2D eigenvalue weighted by atomic mass is 16.3. The van der Waals surface area contributed by atoms with Crippen LogP contribution in [0.5, 0.6) is 5.75 Å². The summed E-state index contributed by atoms with van der Waals surface area (Å²) in [6.45, 7) is 3.97. The van der Waals surface area contributed by atoms with E-state index in [1.54, 1.807) is 0 Å². The summed E-state index contributed by atoms with van der Waals surface area (Å²) in [6, 6.07) is 10.00. The van der Waals surface area contributed by atoms with E-state index in [-0.39, 0.29) is 0 Å². The van der Waals surface area contributed by atoms with Gasteiger partial charge in [-0.25, -0.2) is 0 Å². The normalized spacial score (nSPS) is 11.4. The number of aromatic amines is 1. The van der Waals surface area contributed by atoms with Crippen molar-refractivity contribution in [1.29, 1.82) is 0 Å². The molecule has 0 aliphatic heterocycles. The van der Waals surface area contributed by atoms with Crippen LogP contribution < -0.4 is 0 Å². The minimum absolute atomic E-state index is 0.370.